The van der Waals surface area contributed by atoms with E-state index in [1.165, 1.54) is 19.9 Å². The van der Waals surface area contributed by atoms with Gasteiger partial charge in [0.05, 0.1) is 30.2 Å². The number of carbonyl (C=O) groups is 5. The van der Waals surface area contributed by atoms with Crippen LogP contribution in [-0.4, -0.2) is 107 Å². The van der Waals surface area contributed by atoms with Crippen LogP contribution in [0.1, 0.15) is 86.7 Å². The molecule has 2 saturated carbocycles. The Morgan fingerprint density at radius 2 is 1.45 bits per heavy atom. The monoisotopic (exact) mass is 893 g/mol. The summed E-state index contributed by atoms with van der Waals surface area (Å²) in [5.41, 5.74) is -5.17. The van der Waals surface area contributed by atoms with Gasteiger partial charge in [-0.1, -0.05) is 94.1 Å². The second-order valence-electron chi connectivity index (χ2n) is 18.4. The van der Waals surface area contributed by atoms with Gasteiger partial charge >= 0.3 is 23.9 Å². The van der Waals surface area contributed by atoms with Crippen molar-refractivity contribution in [2.75, 3.05) is 6.61 Å². The number of hydrogen-bond donors (Lipinski definition) is 3. The fourth-order valence-electron chi connectivity index (χ4n) is 11.2. The summed E-state index contributed by atoms with van der Waals surface area (Å²) in [6, 6.07) is 23.6. The number of hydrogen-bond acceptors (Lipinski definition) is 14. The zero-order valence-corrected chi connectivity index (χ0v) is 37.1. The third-order valence-corrected chi connectivity index (χ3v) is 14.4. The van der Waals surface area contributed by atoms with Gasteiger partial charge in [-0.25, -0.2) is 9.59 Å². The number of nitrogens with one attached hydrogen (secondary N) is 1. The number of aliphatic hydroxyl groups is 2. The molecule has 13 atom stereocenters. The maximum atomic E-state index is 14.5. The van der Waals surface area contributed by atoms with E-state index in [0.29, 0.717) is 16.7 Å². The molecule has 3 aliphatic carbocycles. The molecule has 4 fully saturated rings. The van der Waals surface area contributed by atoms with Crippen LogP contribution in [0.25, 0.3) is 0 Å². The average Bonchev–Trinajstić information content (AvgIpc) is 3.27. The lowest BCUT2D eigenvalue weighted by Crippen LogP contribution is -2.83. The summed E-state index contributed by atoms with van der Waals surface area (Å²) in [6.45, 7) is 13.2. The van der Waals surface area contributed by atoms with E-state index >= 15 is 0 Å². The summed E-state index contributed by atoms with van der Waals surface area (Å²) < 4.78 is 45.0. The lowest BCUT2D eigenvalue weighted by Gasteiger charge is -2.71. The van der Waals surface area contributed by atoms with Crippen LogP contribution in [0.2, 0.25) is 0 Å². The largest absolute Gasteiger partial charge is 0.456 e. The number of rotatable bonds is 11. The van der Waals surface area contributed by atoms with Gasteiger partial charge in [-0.15, -0.1) is 0 Å². The van der Waals surface area contributed by atoms with Crippen LogP contribution < -0.4 is 5.32 Å². The molecule has 3 aromatic rings. The van der Waals surface area contributed by atoms with E-state index in [4.69, 9.17) is 33.2 Å². The Morgan fingerprint density at radius 1 is 0.831 bits per heavy atom. The van der Waals surface area contributed by atoms with Gasteiger partial charge in [0, 0.05) is 43.1 Å². The molecular formula is C50H55NO14. The van der Waals surface area contributed by atoms with E-state index in [-0.39, 0.29) is 24.2 Å². The van der Waals surface area contributed by atoms with Gasteiger partial charge in [-0.2, -0.15) is 0 Å². The van der Waals surface area contributed by atoms with Gasteiger partial charge in [0.1, 0.15) is 30.0 Å². The molecule has 3 N–H and O–H groups in total. The van der Waals surface area contributed by atoms with Crippen molar-refractivity contribution in [1.29, 1.82) is 0 Å². The Balaban J connectivity index is 1.30. The zero-order valence-electron chi connectivity index (χ0n) is 37.1. The first-order valence-corrected chi connectivity index (χ1v) is 21.8. The summed E-state index contributed by atoms with van der Waals surface area (Å²) in [4.78, 5) is 69.2. The van der Waals surface area contributed by atoms with Crippen LogP contribution in [0.3, 0.4) is 0 Å². The van der Waals surface area contributed by atoms with Gasteiger partial charge in [0.25, 0.3) is 5.91 Å². The van der Waals surface area contributed by atoms with Crippen molar-refractivity contribution in [3.8, 4) is 0 Å². The average molecular weight is 894 g/mol. The molecule has 344 valence electrons. The highest BCUT2D eigenvalue weighted by Crippen LogP contribution is 2.67. The van der Waals surface area contributed by atoms with Gasteiger partial charge < -0.3 is 48.7 Å². The summed E-state index contributed by atoms with van der Waals surface area (Å²) in [5.74, 6) is -5.08. The molecule has 2 heterocycles. The summed E-state index contributed by atoms with van der Waals surface area (Å²) >= 11 is 0. The summed E-state index contributed by atoms with van der Waals surface area (Å²) in [6.07, 6.45) is -8.88. The highest BCUT2D eigenvalue weighted by Gasteiger charge is 2.79. The van der Waals surface area contributed by atoms with E-state index < -0.39 is 119 Å². The molecule has 3 aromatic carbocycles. The van der Waals surface area contributed by atoms with Crippen LogP contribution in [0.4, 0.5) is 0 Å². The molecule has 65 heavy (non-hydrogen) atoms. The molecule has 5 aliphatic rings. The van der Waals surface area contributed by atoms with Crippen molar-refractivity contribution in [3.05, 3.63) is 131 Å². The first-order valence-electron chi connectivity index (χ1n) is 21.8. The topological polar surface area (TPSA) is 202 Å². The smallest absolute Gasteiger partial charge is 0.338 e. The fraction of sp³-hybridized carbons (Fsp3) is 0.460. The highest BCUT2D eigenvalue weighted by atomic mass is 16.7. The van der Waals surface area contributed by atoms with Crippen LogP contribution in [0.5, 0.6) is 0 Å². The van der Waals surface area contributed by atoms with Crippen LogP contribution in [0, 0.1) is 16.7 Å². The number of ether oxygens (including phenoxy) is 7. The first-order chi connectivity index (χ1) is 30.9. The van der Waals surface area contributed by atoms with E-state index in [2.05, 4.69) is 11.9 Å². The second-order valence-corrected chi connectivity index (χ2v) is 18.4. The Hall–Kier alpha value is -5.71. The number of esters is 4. The molecule has 0 radical (unpaired) electrons. The number of carbonyl (C=O) groups excluding carboxylic acids is 5. The Labute approximate surface area is 377 Å². The van der Waals surface area contributed by atoms with Crippen molar-refractivity contribution in [3.63, 3.8) is 0 Å². The van der Waals surface area contributed by atoms with E-state index in [1.807, 2.05) is 6.92 Å². The second kappa shape index (κ2) is 17.3. The van der Waals surface area contributed by atoms with Crippen molar-refractivity contribution >= 4 is 29.8 Å². The molecule has 5 unspecified atom stereocenters. The molecule has 15 nitrogen and oxygen atoms in total. The van der Waals surface area contributed by atoms with Gasteiger partial charge in [-0.3, -0.25) is 14.4 Å². The van der Waals surface area contributed by atoms with E-state index in [1.54, 1.807) is 112 Å². The quantitative estimate of drug-likeness (QED) is 0.130. The molecule has 2 bridgehead atoms. The minimum Gasteiger partial charge on any atom is -0.456 e. The SMILES string of the molecule is C=CC1OC2CC3OC[C@@]3(OC(C)=O)[C@H]3[C@H](OC(=O)c4ccccc4)C4(O)C[C@H](OC(=O)[C@H](O)[C@@H](NC(=O)c5ccccc5)c5ccccc5)C(C)=C([C@H](OC(C)=O)[C@H](O1)C23C)C4(C)C. The third kappa shape index (κ3) is 7.66. The summed E-state index contributed by atoms with van der Waals surface area (Å²) in [5, 5.41) is 28.7. The molecule has 2 aliphatic heterocycles. The number of benzene rings is 3. The lowest BCUT2D eigenvalue weighted by atomic mass is 9.44. The third-order valence-electron chi connectivity index (χ3n) is 14.4. The number of amides is 1. The summed E-state index contributed by atoms with van der Waals surface area (Å²) in [7, 11) is 0. The van der Waals surface area contributed by atoms with Crippen molar-refractivity contribution in [2.45, 2.75) is 121 Å². The van der Waals surface area contributed by atoms with E-state index in [9.17, 15) is 34.2 Å². The predicted molar refractivity (Wildman–Crippen MR) is 230 cm³/mol. The molecule has 8 rings (SSSR count). The van der Waals surface area contributed by atoms with Gasteiger partial charge in [0.15, 0.2) is 24.1 Å². The maximum Gasteiger partial charge on any atom is 0.338 e. The Morgan fingerprint density at radius 3 is 2.02 bits per heavy atom. The van der Waals surface area contributed by atoms with Crippen LogP contribution >= 0.6 is 0 Å². The Bertz CT molecular complexity index is 2370. The van der Waals surface area contributed by atoms with Crippen LogP contribution in [0.15, 0.2) is 115 Å². The van der Waals surface area contributed by atoms with Gasteiger partial charge in [0.2, 0.25) is 0 Å². The van der Waals surface area contributed by atoms with Gasteiger partial charge in [-0.05, 0) is 54.0 Å². The molecule has 0 spiro atoms. The fourth-order valence-corrected chi connectivity index (χ4v) is 11.2. The first kappa shape index (κ1) is 45.8. The number of aliphatic hydroxyl groups excluding tert-OH is 1. The normalized spacial score (nSPS) is 34.0. The minimum absolute atomic E-state index is 0.155. The molecule has 0 aromatic heterocycles. The van der Waals surface area contributed by atoms with E-state index in [0.717, 1.165) is 0 Å². The maximum absolute atomic E-state index is 14.5. The molecule has 1 amide bonds. The Kier molecular flexibility index (Phi) is 12.2. The minimum atomic E-state index is -2.25. The van der Waals surface area contributed by atoms with Crippen molar-refractivity contribution < 1.29 is 67.3 Å². The highest BCUT2D eigenvalue weighted by molar-refractivity contribution is 5.95. The number of fused-ring (bicyclic) bond motifs is 4. The molecule has 15 heteroatoms. The molecule has 2 saturated heterocycles. The molecular weight excluding hydrogens is 839 g/mol. The zero-order chi connectivity index (χ0) is 46.6. The van der Waals surface area contributed by atoms with Crippen LogP contribution in [-0.2, 0) is 47.5 Å². The predicted octanol–water partition coefficient (Wildman–Crippen LogP) is 5.10. The lowest BCUT2D eigenvalue weighted by molar-refractivity contribution is -0.405. The van der Waals surface area contributed by atoms with Crippen molar-refractivity contribution in [1.82, 2.24) is 5.32 Å². The standard InChI is InChI=1S/C50H55NO14/c1-8-36-62-34-24-35-49(26-59-35,65-29(4)53)41-43(64-45(56)32-22-16-11-17-23-32)50(58)25-33(27(2)37(47(50,5)6)40(60-28(3)52)42(63-36)48(34,41)7)61-46(57)39(54)38(30-18-12-9-13-19-30)51-44(55)31-20-14-10-15-21-31/h8-23,33-36,38-43,54,58H,1,24-26H2,2-7H3,(H,51,55)/t33-,34?,35?,36?,38-,39+,40-,41-,42-,43-,48?,49-,50?/m0/s1. The van der Waals surface area contributed by atoms with Crippen molar-refractivity contribution in [2.24, 2.45) is 16.7 Å².